The number of rotatable bonds is 1. The zero-order valence-corrected chi connectivity index (χ0v) is 9.09. The SMILES string of the molecule is COc1cc2cc(C)c(=O)oc2cc1Cl. The van der Waals surface area contributed by atoms with Crippen molar-refractivity contribution < 1.29 is 9.15 Å². The fourth-order valence-electron chi connectivity index (χ4n) is 1.38. The number of hydrogen-bond donors (Lipinski definition) is 0. The Morgan fingerprint density at radius 1 is 1.33 bits per heavy atom. The lowest BCUT2D eigenvalue weighted by molar-refractivity contribution is 0.415. The fourth-order valence-corrected chi connectivity index (χ4v) is 1.61. The van der Waals surface area contributed by atoms with E-state index in [1.165, 1.54) is 0 Å². The highest BCUT2D eigenvalue weighted by atomic mass is 35.5. The Balaban J connectivity index is 2.82. The van der Waals surface area contributed by atoms with Gasteiger partial charge in [-0.05, 0) is 19.1 Å². The Bertz CT molecular complexity index is 572. The molecule has 0 aliphatic heterocycles. The first-order chi connectivity index (χ1) is 7.11. The number of aryl methyl sites for hydroxylation is 1. The first-order valence-electron chi connectivity index (χ1n) is 4.40. The molecule has 0 aliphatic rings. The molecule has 4 heteroatoms. The van der Waals surface area contributed by atoms with Gasteiger partial charge in [-0.15, -0.1) is 0 Å². The molecule has 0 N–H and O–H groups in total. The Morgan fingerprint density at radius 3 is 2.73 bits per heavy atom. The average Bonchev–Trinajstić information content (AvgIpc) is 2.20. The summed E-state index contributed by atoms with van der Waals surface area (Å²) < 4.78 is 10.1. The van der Waals surface area contributed by atoms with Crippen LogP contribution in [0.25, 0.3) is 11.0 Å². The molecular formula is C11H9ClO3. The van der Waals surface area contributed by atoms with Gasteiger partial charge in [-0.2, -0.15) is 0 Å². The predicted octanol–water partition coefficient (Wildman–Crippen LogP) is 2.76. The van der Waals surface area contributed by atoms with Crippen LogP contribution in [0.15, 0.2) is 27.4 Å². The predicted molar refractivity (Wildman–Crippen MR) is 58.8 cm³/mol. The van der Waals surface area contributed by atoms with E-state index in [4.69, 9.17) is 20.8 Å². The fraction of sp³-hybridized carbons (Fsp3) is 0.182. The van der Waals surface area contributed by atoms with E-state index < -0.39 is 0 Å². The zero-order chi connectivity index (χ0) is 11.0. The molecule has 15 heavy (non-hydrogen) atoms. The molecule has 0 atom stereocenters. The maximum absolute atomic E-state index is 11.3. The third-order valence-corrected chi connectivity index (χ3v) is 2.48. The van der Waals surface area contributed by atoms with Crippen molar-refractivity contribution >= 4 is 22.6 Å². The van der Waals surface area contributed by atoms with Crippen LogP contribution in [0.3, 0.4) is 0 Å². The van der Waals surface area contributed by atoms with Gasteiger partial charge in [0.25, 0.3) is 0 Å². The van der Waals surface area contributed by atoms with Crippen LogP contribution < -0.4 is 10.4 Å². The van der Waals surface area contributed by atoms with E-state index in [1.807, 2.05) is 0 Å². The molecule has 3 nitrogen and oxygen atoms in total. The van der Waals surface area contributed by atoms with Crippen LogP contribution in [0, 0.1) is 6.92 Å². The standard InChI is InChI=1S/C11H9ClO3/c1-6-3-7-4-10(14-2)8(12)5-9(7)15-11(6)13/h3-5H,1-2H3. The van der Waals surface area contributed by atoms with Crippen molar-refractivity contribution in [2.75, 3.05) is 7.11 Å². The minimum atomic E-state index is -0.344. The number of benzene rings is 1. The highest BCUT2D eigenvalue weighted by Gasteiger charge is 2.06. The van der Waals surface area contributed by atoms with Gasteiger partial charge in [0.05, 0.1) is 12.1 Å². The van der Waals surface area contributed by atoms with Gasteiger partial charge in [0.15, 0.2) is 0 Å². The van der Waals surface area contributed by atoms with Crippen LogP contribution in [0.1, 0.15) is 5.56 Å². The largest absolute Gasteiger partial charge is 0.495 e. The van der Waals surface area contributed by atoms with E-state index in [0.717, 1.165) is 5.39 Å². The van der Waals surface area contributed by atoms with E-state index in [9.17, 15) is 4.79 Å². The van der Waals surface area contributed by atoms with Crippen LogP contribution in [0.2, 0.25) is 5.02 Å². The molecule has 0 spiro atoms. The monoisotopic (exact) mass is 224 g/mol. The minimum absolute atomic E-state index is 0.344. The van der Waals surface area contributed by atoms with Crippen LogP contribution in [-0.4, -0.2) is 7.11 Å². The molecule has 0 amide bonds. The summed E-state index contributed by atoms with van der Waals surface area (Å²) >= 11 is 5.91. The summed E-state index contributed by atoms with van der Waals surface area (Å²) in [6.45, 7) is 1.70. The molecule has 78 valence electrons. The molecule has 0 saturated heterocycles. The smallest absolute Gasteiger partial charge is 0.339 e. The highest BCUT2D eigenvalue weighted by molar-refractivity contribution is 6.32. The van der Waals surface area contributed by atoms with Crippen LogP contribution in [-0.2, 0) is 0 Å². The maximum Gasteiger partial charge on any atom is 0.339 e. The van der Waals surface area contributed by atoms with Crippen molar-refractivity contribution in [2.45, 2.75) is 6.92 Å². The molecule has 0 fully saturated rings. The Hall–Kier alpha value is -1.48. The number of hydrogen-bond acceptors (Lipinski definition) is 3. The van der Waals surface area contributed by atoms with Gasteiger partial charge in [0.1, 0.15) is 11.3 Å². The summed E-state index contributed by atoms with van der Waals surface area (Å²) in [6.07, 6.45) is 0. The Morgan fingerprint density at radius 2 is 2.07 bits per heavy atom. The van der Waals surface area contributed by atoms with Crippen molar-refractivity contribution in [2.24, 2.45) is 0 Å². The number of ether oxygens (including phenoxy) is 1. The first-order valence-corrected chi connectivity index (χ1v) is 4.77. The summed E-state index contributed by atoms with van der Waals surface area (Å²) in [5.74, 6) is 0.567. The van der Waals surface area contributed by atoms with Gasteiger partial charge in [-0.25, -0.2) is 4.79 Å². The van der Waals surface area contributed by atoms with E-state index >= 15 is 0 Å². The Kier molecular flexibility index (Phi) is 2.40. The van der Waals surface area contributed by atoms with E-state index in [-0.39, 0.29) is 5.63 Å². The lowest BCUT2D eigenvalue weighted by atomic mass is 10.2. The summed E-state index contributed by atoms with van der Waals surface area (Å²) in [5.41, 5.74) is 0.687. The Labute approximate surface area is 91.2 Å². The molecule has 1 aromatic heterocycles. The van der Waals surface area contributed by atoms with Gasteiger partial charge >= 0.3 is 5.63 Å². The zero-order valence-electron chi connectivity index (χ0n) is 8.33. The molecule has 0 bridgehead atoms. The average molecular weight is 225 g/mol. The van der Waals surface area contributed by atoms with Crippen molar-refractivity contribution in [3.8, 4) is 5.75 Å². The second-order valence-electron chi connectivity index (χ2n) is 3.24. The van der Waals surface area contributed by atoms with Crippen LogP contribution in [0.4, 0.5) is 0 Å². The molecule has 1 heterocycles. The van der Waals surface area contributed by atoms with Crippen molar-refractivity contribution in [1.82, 2.24) is 0 Å². The van der Waals surface area contributed by atoms with E-state index in [1.54, 1.807) is 32.2 Å². The number of methoxy groups -OCH3 is 1. The molecule has 0 unspecified atom stereocenters. The van der Waals surface area contributed by atoms with Crippen molar-refractivity contribution in [3.05, 3.63) is 39.2 Å². The van der Waals surface area contributed by atoms with Gasteiger partial charge in [0.2, 0.25) is 0 Å². The van der Waals surface area contributed by atoms with E-state index in [2.05, 4.69) is 0 Å². The van der Waals surface area contributed by atoms with Gasteiger partial charge in [-0.1, -0.05) is 11.6 Å². The van der Waals surface area contributed by atoms with Gasteiger partial charge < -0.3 is 9.15 Å². The second kappa shape index (κ2) is 3.59. The lowest BCUT2D eigenvalue weighted by Gasteiger charge is -2.04. The summed E-state index contributed by atoms with van der Waals surface area (Å²) in [7, 11) is 1.54. The molecule has 1 aromatic carbocycles. The molecule has 0 aliphatic carbocycles. The lowest BCUT2D eigenvalue weighted by Crippen LogP contribution is -2.01. The maximum atomic E-state index is 11.3. The van der Waals surface area contributed by atoms with Gasteiger partial charge in [-0.3, -0.25) is 0 Å². The molecule has 2 aromatic rings. The van der Waals surface area contributed by atoms with Crippen LogP contribution >= 0.6 is 11.6 Å². The number of halogens is 1. The highest BCUT2D eigenvalue weighted by Crippen LogP contribution is 2.29. The first kappa shape index (κ1) is 10.1. The number of fused-ring (bicyclic) bond motifs is 1. The van der Waals surface area contributed by atoms with Crippen molar-refractivity contribution in [1.29, 1.82) is 0 Å². The quantitative estimate of drug-likeness (QED) is 0.700. The summed E-state index contributed by atoms with van der Waals surface area (Å²) in [6, 6.07) is 5.07. The molecule has 2 rings (SSSR count). The van der Waals surface area contributed by atoms with Crippen molar-refractivity contribution in [3.63, 3.8) is 0 Å². The molecular weight excluding hydrogens is 216 g/mol. The third kappa shape index (κ3) is 1.70. The van der Waals surface area contributed by atoms with Gasteiger partial charge in [0, 0.05) is 17.0 Å². The minimum Gasteiger partial charge on any atom is -0.495 e. The third-order valence-electron chi connectivity index (χ3n) is 2.18. The molecule has 0 saturated carbocycles. The normalized spacial score (nSPS) is 10.6. The summed E-state index contributed by atoms with van der Waals surface area (Å²) in [4.78, 5) is 11.3. The van der Waals surface area contributed by atoms with Crippen LogP contribution in [0.5, 0.6) is 5.75 Å². The topological polar surface area (TPSA) is 39.4 Å². The second-order valence-corrected chi connectivity index (χ2v) is 3.65. The summed E-state index contributed by atoms with van der Waals surface area (Å²) in [5, 5.41) is 1.23. The van der Waals surface area contributed by atoms with E-state index in [0.29, 0.717) is 21.9 Å². The molecule has 0 radical (unpaired) electrons.